The summed E-state index contributed by atoms with van der Waals surface area (Å²) < 4.78 is 1.11. The average molecular weight is 309 g/mol. The van der Waals surface area contributed by atoms with Crippen molar-refractivity contribution in [2.45, 2.75) is 31.7 Å². The number of halogens is 1. The second-order valence-corrected chi connectivity index (χ2v) is 5.92. The Morgan fingerprint density at radius 2 is 2.22 bits per heavy atom. The zero-order chi connectivity index (χ0) is 12.8. The van der Waals surface area contributed by atoms with Crippen LogP contribution in [0.2, 0.25) is 0 Å². The molecule has 0 amide bonds. The topological polar surface area (TPSA) is 24.4 Å². The Morgan fingerprint density at radius 1 is 1.39 bits per heavy atom. The number of hydrogen-bond acceptors (Lipinski definition) is 2. The van der Waals surface area contributed by atoms with Gasteiger partial charge in [0.15, 0.2) is 0 Å². The molecule has 2 nitrogen and oxygen atoms in total. The summed E-state index contributed by atoms with van der Waals surface area (Å²) in [5, 5.41) is 3.29. The Bertz CT molecular complexity index is 401. The molecular weight excluding hydrogens is 288 g/mol. The molecule has 2 rings (SSSR count). The van der Waals surface area contributed by atoms with E-state index < -0.39 is 0 Å². The molecule has 0 unspecified atom stereocenters. The molecule has 3 heteroatoms. The largest absolute Gasteiger partial charge is 0.319 e. The summed E-state index contributed by atoms with van der Waals surface area (Å²) in [7, 11) is 2.03. The van der Waals surface area contributed by atoms with E-state index in [9.17, 15) is 0 Å². The number of aliphatic imine (C=N–C) groups is 1. The molecule has 1 aliphatic rings. The molecule has 1 aromatic carbocycles. The quantitative estimate of drug-likeness (QED) is 0.844. The third-order valence-electron chi connectivity index (χ3n) is 3.60. The predicted molar refractivity (Wildman–Crippen MR) is 81.4 cm³/mol. The fraction of sp³-hybridized carbons (Fsp3) is 0.533. The lowest BCUT2D eigenvalue weighted by atomic mass is 9.85. The van der Waals surface area contributed by atoms with Crippen molar-refractivity contribution in [3.63, 3.8) is 0 Å². The van der Waals surface area contributed by atoms with Crippen LogP contribution < -0.4 is 5.32 Å². The van der Waals surface area contributed by atoms with Gasteiger partial charge in [0.25, 0.3) is 0 Å². The molecule has 0 radical (unpaired) electrons. The first-order valence-corrected chi connectivity index (χ1v) is 7.52. The fourth-order valence-corrected chi connectivity index (χ4v) is 3.07. The van der Waals surface area contributed by atoms with Crippen LogP contribution in [-0.2, 0) is 0 Å². The molecule has 1 saturated carbocycles. The summed E-state index contributed by atoms with van der Waals surface area (Å²) in [5.74, 6) is 0.701. The smallest absolute Gasteiger partial charge is 0.0540 e. The molecule has 98 valence electrons. The highest BCUT2D eigenvalue weighted by molar-refractivity contribution is 9.10. The van der Waals surface area contributed by atoms with Crippen molar-refractivity contribution in [1.82, 2.24) is 5.32 Å². The fourth-order valence-electron chi connectivity index (χ4n) is 2.65. The number of rotatable bonds is 4. The SMILES string of the molecule is CNC[C@H]1CCCC[C@H]1N=Cc1cccc(Br)c1. The molecule has 0 saturated heterocycles. The van der Waals surface area contributed by atoms with Crippen molar-refractivity contribution in [1.29, 1.82) is 0 Å². The standard InChI is InChI=1S/C15H21BrN2/c1-17-11-13-6-2-3-8-15(13)18-10-12-5-4-7-14(16)9-12/h4-5,7,9-10,13,15,17H,2-3,6,8,11H2,1H3/t13-,15-/m1/s1. The highest BCUT2D eigenvalue weighted by Crippen LogP contribution is 2.26. The Labute approximate surface area is 118 Å². The Balaban J connectivity index is 2.01. The molecule has 2 atom stereocenters. The average Bonchev–Trinajstić information content (AvgIpc) is 2.38. The summed E-state index contributed by atoms with van der Waals surface area (Å²) in [4.78, 5) is 4.81. The Morgan fingerprint density at radius 3 is 3.00 bits per heavy atom. The highest BCUT2D eigenvalue weighted by Gasteiger charge is 2.23. The van der Waals surface area contributed by atoms with Crippen molar-refractivity contribution in [2.75, 3.05) is 13.6 Å². The highest BCUT2D eigenvalue weighted by atomic mass is 79.9. The lowest BCUT2D eigenvalue weighted by Crippen LogP contribution is -2.31. The normalized spacial score (nSPS) is 24.6. The first-order valence-electron chi connectivity index (χ1n) is 6.73. The molecule has 0 spiro atoms. The minimum Gasteiger partial charge on any atom is -0.319 e. The summed E-state index contributed by atoms with van der Waals surface area (Å²) in [6.45, 7) is 1.08. The zero-order valence-corrected chi connectivity index (χ0v) is 12.5. The second-order valence-electron chi connectivity index (χ2n) is 5.00. The molecule has 18 heavy (non-hydrogen) atoms. The van der Waals surface area contributed by atoms with E-state index in [-0.39, 0.29) is 0 Å². The number of nitrogens with zero attached hydrogens (tertiary/aromatic N) is 1. The van der Waals surface area contributed by atoms with Crippen LogP contribution in [0.1, 0.15) is 31.2 Å². The van der Waals surface area contributed by atoms with Gasteiger partial charge in [0.1, 0.15) is 0 Å². The van der Waals surface area contributed by atoms with Crippen LogP contribution in [0.3, 0.4) is 0 Å². The van der Waals surface area contributed by atoms with Crippen LogP contribution in [0.4, 0.5) is 0 Å². The Hall–Kier alpha value is -0.670. The van der Waals surface area contributed by atoms with Crippen molar-refractivity contribution >= 4 is 22.1 Å². The lowest BCUT2D eigenvalue weighted by molar-refractivity contribution is 0.304. The van der Waals surface area contributed by atoms with Gasteiger partial charge in [0.05, 0.1) is 6.04 Å². The van der Waals surface area contributed by atoms with Gasteiger partial charge < -0.3 is 5.32 Å². The van der Waals surface area contributed by atoms with E-state index in [0.717, 1.165) is 11.0 Å². The van der Waals surface area contributed by atoms with Crippen molar-refractivity contribution in [3.05, 3.63) is 34.3 Å². The minimum atomic E-state index is 0.491. The van der Waals surface area contributed by atoms with E-state index in [0.29, 0.717) is 12.0 Å². The summed E-state index contributed by atoms with van der Waals surface area (Å²) in [6.07, 6.45) is 7.25. The summed E-state index contributed by atoms with van der Waals surface area (Å²) >= 11 is 3.49. The summed E-state index contributed by atoms with van der Waals surface area (Å²) in [5.41, 5.74) is 1.18. The van der Waals surface area contributed by atoms with Crippen LogP contribution in [0.25, 0.3) is 0 Å². The first kappa shape index (κ1) is 13.8. The second kappa shape index (κ2) is 7.05. The van der Waals surface area contributed by atoms with Gasteiger partial charge >= 0.3 is 0 Å². The van der Waals surface area contributed by atoms with Gasteiger partial charge in [-0.05, 0) is 50.0 Å². The minimum absolute atomic E-state index is 0.491. The van der Waals surface area contributed by atoms with Crippen LogP contribution in [0, 0.1) is 5.92 Å². The predicted octanol–water partition coefficient (Wildman–Crippen LogP) is 3.65. The van der Waals surface area contributed by atoms with E-state index in [1.807, 2.05) is 19.3 Å². The van der Waals surface area contributed by atoms with E-state index in [1.54, 1.807) is 0 Å². The molecule has 0 aromatic heterocycles. The van der Waals surface area contributed by atoms with Gasteiger partial charge in [-0.25, -0.2) is 0 Å². The van der Waals surface area contributed by atoms with E-state index >= 15 is 0 Å². The number of benzene rings is 1. The first-order chi connectivity index (χ1) is 8.79. The van der Waals surface area contributed by atoms with Crippen LogP contribution in [0.5, 0.6) is 0 Å². The molecule has 0 heterocycles. The third kappa shape index (κ3) is 3.92. The lowest BCUT2D eigenvalue weighted by Gasteiger charge is -2.28. The monoisotopic (exact) mass is 308 g/mol. The maximum Gasteiger partial charge on any atom is 0.0540 e. The molecule has 1 aromatic rings. The van der Waals surface area contributed by atoms with Gasteiger partial charge in [0.2, 0.25) is 0 Å². The van der Waals surface area contributed by atoms with E-state index in [1.165, 1.54) is 31.2 Å². The molecule has 1 N–H and O–H groups in total. The third-order valence-corrected chi connectivity index (χ3v) is 4.09. The molecular formula is C15H21BrN2. The van der Waals surface area contributed by atoms with Gasteiger partial charge in [-0.15, -0.1) is 0 Å². The van der Waals surface area contributed by atoms with Gasteiger partial charge in [0, 0.05) is 10.7 Å². The van der Waals surface area contributed by atoms with E-state index in [2.05, 4.69) is 39.4 Å². The van der Waals surface area contributed by atoms with Gasteiger partial charge in [-0.3, -0.25) is 4.99 Å². The van der Waals surface area contributed by atoms with Crippen molar-refractivity contribution in [2.24, 2.45) is 10.9 Å². The maximum absolute atomic E-state index is 4.81. The van der Waals surface area contributed by atoms with Crippen LogP contribution in [-0.4, -0.2) is 25.8 Å². The van der Waals surface area contributed by atoms with E-state index in [4.69, 9.17) is 4.99 Å². The molecule has 1 aliphatic carbocycles. The maximum atomic E-state index is 4.81. The molecule has 0 bridgehead atoms. The molecule has 1 fully saturated rings. The Kier molecular flexibility index (Phi) is 5.39. The number of hydrogen-bond donors (Lipinski definition) is 1. The van der Waals surface area contributed by atoms with Crippen molar-refractivity contribution < 1.29 is 0 Å². The molecule has 0 aliphatic heterocycles. The van der Waals surface area contributed by atoms with Crippen molar-refractivity contribution in [3.8, 4) is 0 Å². The number of nitrogens with one attached hydrogen (secondary N) is 1. The van der Waals surface area contributed by atoms with Crippen LogP contribution in [0.15, 0.2) is 33.7 Å². The van der Waals surface area contributed by atoms with Crippen LogP contribution >= 0.6 is 15.9 Å². The van der Waals surface area contributed by atoms with Gasteiger partial charge in [-0.2, -0.15) is 0 Å². The zero-order valence-electron chi connectivity index (χ0n) is 10.9. The van der Waals surface area contributed by atoms with Gasteiger partial charge in [-0.1, -0.05) is 40.9 Å². The summed E-state index contributed by atoms with van der Waals surface area (Å²) in [6, 6.07) is 8.80.